The highest BCUT2D eigenvalue weighted by Crippen LogP contribution is 2.39. The third-order valence-corrected chi connectivity index (χ3v) is 8.23. The standard InChI is InChI=1S/C24H50N2O3S/c1-6-7-8-9-10-11-12-13-14-15-16-17-18-19-20-30(28,29)25-22-21-23(2,3)26(27)24(22,4)5/h22,25,27H,6-21H2,1-5H3. The minimum Gasteiger partial charge on any atom is -0.313 e. The highest BCUT2D eigenvalue weighted by atomic mass is 32.2. The zero-order chi connectivity index (χ0) is 22.7. The molecular weight excluding hydrogens is 396 g/mol. The Labute approximate surface area is 187 Å². The molecule has 0 bridgehead atoms. The van der Waals surface area contributed by atoms with Crippen LogP contribution in [0.3, 0.4) is 0 Å². The summed E-state index contributed by atoms with van der Waals surface area (Å²) in [6, 6.07) is -0.269. The van der Waals surface area contributed by atoms with E-state index in [9.17, 15) is 13.6 Å². The van der Waals surface area contributed by atoms with Crippen molar-refractivity contribution in [2.45, 2.75) is 148 Å². The molecule has 0 aromatic carbocycles. The molecule has 0 aromatic heterocycles. The van der Waals surface area contributed by atoms with Gasteiger partial charge in [-0.25, -0.2) is 13.1 Å². The molecule has 0 radical (unpaired) electrons. The molecule has 1 aliphatic rings. The molecule has 1 aliphatic heterocycles. The first-order valence-electron chi connectivity index (χ1n) is 12.5. The lowest BCUT2D eigenvalue weighted by Gasteiger charge is -2.35. The number of rotatable bonds is 17. The molecule has 5 nitrogen and oxygen atoms in total. The van der Waals surface area contributed by atoms with Gasteiger partial charge >= 0.3 is 0 Å². The molecule has 0 spiro atoms. The van der Waals surface area contributed by atoms with Crippen molar-refractivity contribution in [1.29, 1.82) is 0 Å². The summed E-state index contributed by atoms with van der Waals surface area (Å²) >= 11 is 0. The van der Waals surface area contributed by atoms with Crippen LogP contribution in [0.1, 0.15) is 131 Å². The lowest BCUT2D eigenvalue weighted by atomic mass is 9.95. The van der Waals surface area contributed by atoms with Gasteiger partial charge in [0, 0.05) is 11.6 Å². The van der Waals surface area contributed by atoms with Crippen LogP contribution in [0.15, 0.2) is 0 Å². The molecule has 6 heteroatoms. The van der Waals surface area contributed by atoms with Crippen molar-refractivity contribution < 1.29 is 13.6 Å². The maximum atomic E-state index is 12.5. The smallest absolute Gasteiger partial charge is 0.211 e. The van der Waals surface area contributed by atoms with E-state index in [0.29, 0.717) is 12.8 Å². The summed E-state index contributed by atoms with van der Waals surface area (Å²) in [4.78, 5) is 0. The fourth-order valence-electron chi connectivity index (χ4n) is 4.71. The first-order valence-corrected chi connectivity index (χ1v) is 14.2. The molecule has 0 saturated carbocycles. The first-order chi connectivity index (χ1) is 14.0. The number of nitrogens with one attached hydrogen (secondary N) is 1. The van der Waals surface area contributed by atoms with Crippen LogP contribution in [0.4, 0.5) is 0 Å². The van der Waals surface area contributed by atoms with Gasteiger partial charge in [0.2, 0.25) is 10.0 Å². The second-order valence-electron chi connectivity index (χ2n) is 10.6. The predicted octanol–water partition coefficient (Wildman–Crippen LogP) is 6.41. The van der Waals surface area contributed by atoms with Crippen molar-refractivity contribution in [3.05, 3.63) is 0 Å². The van der Waals surface area contributed by atoms with Gasteiger partial charge in [0.25, 0.3) is 0 Å². The summed E-state index contributed by atoms with van der Waals surface area (Å²) in [7, 11) is -3.31. The maximum absolute atomic E-state index is 12.5. The Balaban J connectivity index is 2.06. The van der Waals surface area contributed by atoms with E-state index in [4.69, 9.17) is 0 Å². The molecule has 180 valence electrons. The van der Waals surface area contributed by atoms with E-state index >= 15 is 0 Å². The third-order valence-electron chi connectivity index (χ3n) is 6.76. The van der Waals surface area contributed by atoms with Gasteiger partial charge in [0.1, 0.15) is 0 Å². The number of hydroxylamine groups is 2. The SMILES string of the molecule is CCCCCCCCCCCCCCCCS(=O)(=O)NC1CC(C)(C)N(O)C1(C)C. The summed E-state index contributed by atoms with van der Waals surface area (Å²) in [6.45, 7) is 9.92. The van der Waals surface area contributed by atoms with Crippen LogP contribution in [0.25, 0.3) is 0 Å². The number of hydrogen-bond acceptors (Lipinski definition) is 4. The van der Waals surface area contributed by atoms with Gasteiger partial charge in [-0.05, 0) is 40.5 Å². The van der Waals surface area contributed by atoms with Crippen LogP contribution in [-0.2, 0) is 10.0 Å². The third kappa shape index (κ3) is 9.97. The van der Waals surface area contributed by atoms with Crippen molar-refractivity contribution in [2.75, 3.05) is 5.75 Å². The zero-order valence-corrected chi connectivity index (χ0v) is 21.3. The van der Waals surface area contributed by atoms with Crippen LogP contribution in [0.5, 0.6) is 0 Å². The Morgan fingerprint density at radius 2 is 1.20 bits per heavy atom. The molecule has 1 fully saturated rings. The van der Waals surface area contributed by atoms with Gasteiger partial charge in [-0.2, -0.15) is 5.06 Å². The molecule has 30 heavy (non-hydrogen) atoms. The number of nitrogens with zero attached hydrogens (tertiary/aromatic N) is 1. The van der Waals surface area contributed by atoms with E-state index in [-0.39, 0.29) is 11.8 Å². The quantitative estimate of drug-likeness (QED) is 0.253. The molecule has 0 amide bonds. The van der Waals surface area contributed by atoms with Crippen molar-refractivity contribution in [3.63, 3.8) is 0 Å². The normalized spacial score (nSPS) is 21.3. The maximum Gasteiger partial charge on any atom is 0.211 e. The largest absolute Gasteiger partial charge is 0.313 e. The number of sulfonamides is 1. The Morgan fingerprint density at radius 1 is 0.800 bits per heavy atom. The molecule has 1 unspecified atom stereocenters. The molecular formula is C24H50N2O3S. The highest BCUT2D eigenvalue weighted by molar-refractivity contribution is 7.89. The van der Waals surface area contributed by atoms with Gasteiger partial charge < -0.3 is 5.21 Å². The van der Waals surface area contributed by atoms with Gasteiger partial charge in [-0.15, -0.1) is 0 Å². The van der Waals surface area contributed by atoms with Crippen LogP contribution in [-0.4, -0.2) is 41.6 Å². The van der Waals surface area contributed by atoms with Crippen molar-refractivity contribution in [1.82, 2.24) is 9.79 Å². The Bertz CT molecular complexity index is 561. The second-order valence-corrected chi connectivity index (χ2v) is 12.4. The fourth-order valence-corrected chi connectivity index (χ4v) is 6.22. The summed E-state index contributed by atoms with van der Waals surface area (Å²) in [5.41, 5.74) is -1.03. The predicted molar refractivity (Wildman–Crippen MR) is 127 cm³/mol. The fraction of sp³-hybridized carbons (Fsp3) is 1.00. The molecule has 2 N–H and O–H groups in total. The van der Waals surface area contributed by atoms with Crippen molar-refractivity contribution in [3.8, 4) is 0 Å². The van der Waals surface area contributed by atoms with E-state index in [1.165, 1.54) is 75.7 Å². The molecule has 1 saturated heterocycles. The zero-order valence-electron chi connectivity index (χ0n) is 20.5. The van der Waals surface area contributed by atoms with Gasteiger partial charge in [-0.1, -0.05) is 90.4 Å². The topological polar surface area (TPSA) is 69.6 Å². The molecule has 0 aliphatic carbocycles. The van der Waals surface area contributed by atoms with E-state index < -0.39 is 21.1 Å². The highest BCUT2D eigenvalue weighted by Gasteiger charge is 2.52. The van der Waals surface area contributed by atoms with Crippen LogP contribution in [0.2, 0.25) is 0 Å². The van der Waals surface area contributed by atoms with Crippen LogP contribution >= 0.6 is 0 Å². The number of hydrogen-bond donors (Lipinski definition) is 2. The Morgan fingerprint density at radius 3 is 1.57 bits per heavy atom. The van der Waals surface area contributed by atoms with E-state index in [0.717, 1.165) is 12.8 Å². The monoisotopic (exact) mass is 446 g/mol. The Kier molecular flexibility index (Phi) is 12.4. The second kappa shape index (κ2) is 13.4. The average Bonchev–Trinajstić information content (AvgIpc) is 2.80. The van der Waals surface area contributed by atoms with Crippen molar-refractivity contribution >= 4 is 10.0 Å². The average molecular weight is 447 g/mol. The molecule has 1 atom stereocenters. The van der Waals surface area contributed by atoms with Crippen LogP contribution < -0.4 is 4.72 Å². The molecule has 1 heterocycles. The van der Waals surface area contributed by atoms with E-state index in [1.807, 2.05) is 27.7 Å². The first kappa shape index (κ1) is 27.9. The summed E-state index contributed by atoms with van der Waals surface area (Å²) in [5.74, 6) is 0.184. The van der Waals surface area contributed by atoms with Crippen molar-refractivity contribution in [2.24, 2.45) is 0 Å². The molecule has 1 rings (SSSR count). The summed E-state index contributed by atoms with van der Waals surface area (Å²) in [6.07, 6.45) is 18.2. The van der Waals surface area contributed by atoms with E-state index in [1.54, 1.807) is 0 Å². The number of unbranched alkanes of at least 4 members (excludes halogenated alkanes) is 13. The van der Waals surface area contributed by atoms with Gasteiger partial charge in [0.05, 0.1) is 11.3 Å². The van der Waals surface area contributed by atoms with Gasteiger partial charge in [0.15, 0.2) is 0 Å². The lowest BCUT2D eigenvalue weighted by Crippen LogP contribution is -2.53. The molecule has 0 aromatic rings. The van der Waals surface area contributed by atoms with Crippen LogP contribution in [0, 0.1) is 0 Å². The minimum absolute atomic E-state index is 0.184. The van der Waals surface area contributed by atoms with Gasteiger partial charge in [-0.3, -0.25) is 0 Å². The summed E-state index contributed by atoms with van der Waals surface area (Å²) in [5, 5.41) is 11.7. The summed E-state index contributed by atoms with van der Waals surface area (Å²) < 4.78 is 27.8. The lowest BCUT2D eigenvalue weighted by molar-refractivity contribution is -0.193. The minimum atomic E-state index is -3.31. The Hall–Kier alpha value is -0.170. The van der Waals surface area contributed by atoms with E-state index in [2.05, 4.69) is 11.6 Å².